The summed E-state index contributed by atoms with van der Waals surface area (Å²) in [5.74, 6) is 2.55. The number of aromatic nitrogens is 2. The van der Waals surface area contributed by atoms with Gasteiger partial charge in [-0.3, -0.25) is 4.79 Å². The summed E-state index contributed by atoms with van der Waals surface area (Å²) in [5, 5.41) is 0. The van der Waals surface area contributed by atoms with E-state index in [0.717, 1.165) is 24.6 Å². The summed E-state index contributed by atoms with van der Waals surface area (Å²) in [7, 11) is 0. The Morgan fingerprint density at radius 1 is 1.30 bits per heavy atom. The molecule has 1 aliphatic carbocycles. The third-order valence-electron chi connectivity index (χ3n) is 4.51. The van der Waals surface area contributed by atoms with Crippen molar-refractivity contribution in [2.24, 2.45) is 5.92 Å². The molecule has 0 aromatic carbocycles. The zero-order chi connectivity index (χ0) is 14.7. The largest absolute Gasteiger partial charge is 0.383 e. The zero-order valence-electron chi connectivity index (χ0n) is 12.9. The Hall–Kier alpha value is -1.32. The molecule has 112 valence electrons. The van der Waals surface area contributed by atoms with Crippen LogP contribution in [0.2, 0.25) is 0 Å². The lowest BCUT2D eigenvalue weighted by atomic mass is 9.80. The molecule has 1 heterocycles. The molecule has 0 aliphatic heterocycles. The highest BCUT2D eigenvalue weighted by atomic mass is 16.1. The number of nitrogens with one attached hydrogen (secondary N) is 1. The molecule has 0 atom stereocenters. The van der Waals surface area contributed by atoms with Crippen LogP contribution in [0.3, 0.4) is 0 Å². The standard InChI is InChI=1S/C16H27N3O/c1-4-5-11-6-8-12(9-7-11)15-18-14(17)13(10(2)3)16(20)19-15/h10-12H,4-9H2,1-3H3,(H3,17,18,19,20). The van der Waals surface area contributed by atoms with E-state index in [-0.39, 0.29) is 11.5 Å². The average molecular weight is 277 g/mol. The Morgan fingerprint density at radius 2 is 1.95 bits per heavy atom. The number of nitrogens with two attached hydrogens (primary N) is 1. The number of nitrogen functional groups attached to an aromatic ring is 1. The molecule has 0 spiro atoms. The summed E-state index contributed by atoms with van der Waals surface area (Å²) in [5.41, 5.74) is 6.54. The summed E-state index contributed by atoms with van der Waals surface area (Å²) < 4.78 is 0. The molecule has 1 aliphatic rings. The summed E-state index contributed by atoms with van der Waals surface area (Å²) >= 11 is 0. The van der Waals surface area contributed by atoms with E-state index >= 15 is 0 Å². The van der Waals surface area contributed by atoms with Crippen LogP contribution >= 0.6 is 0 Å². The van der Waals surface area contributed by atoms with Gasteiger partial charge >= 0.3 is 0 Å². The summed E-state index contributed by atoms with van der Waals surface area (Å²) in [4.78, 5) is 19.6. The van der Waals surface area contributed by atoms with Gasteiger partial charge in [-0.15, -0.1) is 0 Å². The van der Waals surface area contributed by atoms with Crippen LogP contribution in [-0.4, -0.2) is 9.97 Å². The molecule has 1 aromatic heterocycles. The molecule has 0 unspecified atom stereocenters. The smallest absolute Gasteiger partial charge is 0.256 e. The van der Waals surface area contributed by atoms with Crippen molar-refractivity contribution in [3.8, 4) is 0 Å². The molecule has 4 heteroatoms. The van der Waals surface area contributed by atoms with Crippen LogP contribution in [0.5, 0.6) is 0 Å². The van der Waals surface area contributed by atoms with Gasteiger partial charge in [0.25, 0.3) is 5.56 Å². The summed E-state index contributed by atoms with van der Waals surface area (Å²) in [6.07, 6.45) is 7.32. The van der Waals surface area contributed by atoms with Crippen molar-refractivity contribution in [3.05, 3.63) is 21.7 Å². The first-order valence-corrected chi connectivity index (χ1v) is 7.92. The molecule has 1 fully saturated rings. The zero-order valence-corrected chi connectivity index (χ0v) is 12.9. The number of anilines is 1. The molecule has 0 saturated heterocycles. The Morgan fingerprint density at radius 3 is 2.45 bits per heavy atom. The Balaban J connectivity index is 2.13. The van der Waals surface area contributed by atoms with E-state index in [1.165, 1.54) is 25.7 Å². The molecule has 1 saturated carbocycles. The van der Waals surface area contributed by atoms with Crippen molar-refractivity contribution in [2.45, 2.75) is 71.1 Å². The molecular weight excluding hydrogens is 250 g/mol. The van der Waals surface area contributed by atoms with Crippen LogP contribution in [0, 0.1) is 5.92 Å². The Bertz CT molecular complexity index is 499. The van der Waals surface area contributed by atoms with Gasteiger partial charge < -0.3 is 10.7 Å². The van der Waals surface area contributed by atoms with E-state index in [1.54, 1.807) is 0 Å². The summed E-state index contributed by atoms with van der Waals surface area (Å²) in [6, 6.07) is 0. The van der Waals surface area contributed by atoms with E-state index in [0.29, 0.717) is 17.3 Å². The minimum absolute atomic E-state index is 0.0572. The molecule has 2 rings (SSSR count). The van der Waals surface area contributed by atoms with Crippen molar-refractivity contribution in [3.63, 3.8) is 0 Å². The van der Waals surface area contributed by atoms with E-state index in [2.05, 4.69) is 16.9 Å². The lowest BCUT2D eigenvalue weighted by Gasteiger charge is -2.28. The second-order valence-electron chi connectivity index (χ2n) is 6.41. The third kappa shape index (κ3) is 3.22. The third-order valence-corrected chi connectivity index (χ3v) is 4.51. The molecule has 20 heavy (non-hydrogen) atoms. The number of rotatable bonds is 4. The predicted octanol–water partition coefficient (Wildman–Crippen LogP) is 3.55. The quantitative estimate of drug-likeness (QED) is 0.884. The van der Waals surface area contributed by atoms with Crippen LogP contribution in [0.25, 0.3) is 0 Å². The lowest BCUT2D eigenvalue weighted by molar-refractivity contribution is 0.302. The van der Waals surface area contributed by atoms with Crippen molar-refractivity contribution >= 4 is 5.82 Å². The summed E-state index contributed by atoms with van der Waals surface area (Å²) in [6.45, 7) is 6.19. The van der Waals surface area contributed by atoms with Crippen molar-refractivity contribution in [2.75, 3.05) is 5.73 Å². The molecule has 4 nitrogen and oxygen atoms in total. The molecule has 0 radical (unpaired) electrons. The minimum Gasteiger partial charge on any atom is -0.383 e. The molecule has 1 aromatic rings. The second kappa shape index (κ2) is 6.42. The number of hydrogen-bond donors (Lipinski definition) is 2. The topological polar surface area (TPSA) is 71.8 Å². The number of H-pyrrole nitrogens is 1. The minimum atomic E-state index is -0.0572. The van der Waals surface area contributed by atoms with Gasteiger partial charge in [-0.2, -0.15) is 0 Å². The molecule has 3 N–H and O–H groups in total. The predicted molar refractivity (Wildman–Crippen MR) is 83.0 cm³/mol. The highest BCUT2D eigenvalue weighted by Crippen LogP contribution is 2.36. The van der Waals surface area contributed by atoms with Crippen LogP contribution in [0.4, 0.5) is 5.82 Å². The van der Waals surface area contributed by atoms with Crippen molar-refractivity contribution in [1.82, 2.24) is 9.97 Å². The van der Waals surface area contributed by atoms with E-state index < -0.39 is 0 Å². The van der Waals surface area contributed by atoms with Crippen LogP contribution in [0.15, 0.2) is 4.79 Å². The maximum atomic E-state index is 12.1. The fourth-order valence-electron chi connectivity index (χ4n) is 3.40. The first kappa shape index (κ1) is 15.1. The number of hydrogen-bond acceptors (Lipinski definition) is 3. The van der Waals surface area contributed by atoms with Crippen LogP contribution in [0.1, 0.15) is 82.5 Å². The maximum Gasteiger partial charge on any atom is 0.256 e. The average Bonchev–Trinajstić information content (AvgIpc) is 2.38. The van der Waals surface area contributed by atoms with Crippen LogP contribution in [-0.2, 0) is 0 Å². The van der Waals surface area contributed by atoms with Gasteiger partial charge in [0.1, 0.15) is 11.6 Å². The highest BCUT2D eigenvalue weighted by Gasteiger charge is 2.24. The number of nitrogens with zero attached hydrogens (tertiary/aromatic N) is 1. The number of aromatic amines is 1. The van der Waals surface area contributed by atoms with Gasteiger partial charge in [-0.05, 0) is 37.5 Å². The van der Waals surface area contributed by atoms with Gasteiger partial charge in [-0.25, -0.2) is 4.98 Å². The molecular formula is C16H27N3O. The molecule has 0 amide bonds. The first-order valence-electron chi connectivity index (χ1n) is 7.92. The maximum absolute atomic E-state index is 12.1. The Labute approximate surface area is 121 Å². The van der Waals surface area contributed by atoms with E-state index in [9.17, 15) is 4.79 Å². The molecule has 0 bridgehead atoms. The van der Waals surface area contributed by atoms with Gasteiger partial charge in [-0.1, -0.05) is 33.6 Å². The fraction of sp³-hybridized carbons (Fsp3) is 0.750. The van der Waals surface area contributed by atoms with E-state index in [4.69, 9.17) is 5.73 Å². The van der Waals surface area contributed by atoms with Crippen molar-refractivity contribution in [1.29, 1.82) is 0 Å². The van der Waals surface area contributed by atoms with Crippen molar-refractivity contribution < 1.29 is 0 Å². The van der Waals surface area contributed by atoms with Gasteiger partial charge in [0.2, 0.25) is 0 Å². The highest BCUT2D eigenvalue weighted by molar-refractivity contribution is 5.40. The van der Waals surface area contributed by atoms with Crippen LogP contribution < -0.4 is 11.3 Å². The fourth-order valence-corrected chi connectivity index (χ4v) is 3.40. The van der Waals surface area contributed by atoms with Gasteiger partial charge in [0.05, 0.1) is 5.56 Å². The monoisotopic (exact) mass is 277 g/mol. The lowest BCUT2D eigenvalue weighted by Crippen LogP contribution is -2.24. The second-order valence-corrected chi connectivity index (χ2v) is 6.41. The van der Waals surface area contributed by atoms with Gasteiger partial charge in [0.15, 0.2) is 0 Å². The SMILES string of the molecule is CCCC1CCC(c2nc(N)c(C(C)C)c(=O)[nH]2)CC1. The van der Waals surface area contributed by atoms with E-state index in [1.807, 2.05) is 13.8 Å². The first-order chi connectivity index (χ1) is 9.52. The van der Waals surface area contributed by atoms with Gasteiger partial charge in [0, 0.05) is 5.92 Å². The normalized spacial score (nSPS) is 23.2. The Kier molecular flexibility index (Phi) is 4.84.